The summed E-state index contributed by atoms with van der Waals surface area (Å²) in [6.07, 6.45) is 10.2. The summed E-state index contributed by atoms with van der Waals surface area (Å²) >= 11 is 0. The van der Waals surface area contributed by atoms with Crippen molar-refractivity contribution in [3.8, 4) is 11.8 Å². The second-order valence-electron chi connectivity index (χ2n) is 12.0. The van der Waals surface area contributed by atoms with Crippen LogP contribution >= 0.6 is 0 Å². The van der Waals surface area contributed by atoms with Crippen molar-refractivity contribution in [1.29, 1.82) is 0 Å². The quantitative estimate of drug-likeness (QED) is 0.452. The summed E-state index contributed by atoms with van der Waals surface area (Å²) in [6, 6.07) is 6.11. The number of rotatable bonds is 8. The van der Waals surface area contributed by atoms with Crippen LogP contribution in [0.5, 0.6) is 5.88 Å². The van der Waals surface area contributed by atoms with E-state index in [-0.39, 0.29) is 12.0 Å². The smallest absolute Gasteiger partial charge is 0.257 e. The molecule has 0 spiro atoms. The summed E-state index contributed by atoms with van der Waals surface area (Å²) < 4.78 is 7.98. The van der Waals surface area contributed by atoms with E-state index >= 15 is 0 Å². The molecule has 10 heteroatoms. The number of carbonyl (C=O) groups is 1. The Balaban J connectivity index is 1.11. The second kappa shape index (κ2) is 9.89. The van der Waals surface area contributed by atoms with Crippen molar-refractivity contribution in [2.45, 2.75) is 71.1 Å². The Bertz CT molecular complexity index is 1330. The van der Waals surface area contributed by atoms with E-state index in [1.807, 2.05) is 31.7 Å². The Hall–Kier alpha value is -3.53. The fraction of sp³-hybridized carbons (Fsp3) is 0.552. The average molecular weight is 531 g/mol. The lowest BCUT2D eigenvalue weighted by atomic mass is 9.96. The van der Waals surface area contributed by atoms with Gasteiger partial charge in [-0.05, 0) is 64.2 Å². The lowest BCUT2D eigenvalue weighted by molar-refractivity contribution is 0.0751. The third kappa shape index (κ3) is 5.22. The number of nitrogens with two attached hydrogens (primary N) is 1. The van der Waals surface area contributed by atoms with E-state index < -0.39 is 5.54 Å². The number of hydrogen-bond acceptors (Lipinski definition) is 8. The molecule has 3 atom stereocenters. The normalized spacial score (nSPS) is 23.5. The van der Waals surface area contributed by atoms with Crippen LogP contribution in [0.1, 0.15) is 68.1 Å². The SMILES string of the molecule is Cc1nn(-c2ncccn2)cc1C(=O)N1CC2C(C1)C2Oc1cc(C(C)(C)N)cc(NC(C)C2CCCC2)n1. The van der Waals surface area contributed by atoms with Gasteiger partial charge in [0.1, 0.15) is 11.9 Å². The zero-order chi connectivity index (χ0) is 27.3. The fourth-order valence-electron chi connectivity index (χ4n) is 6.12. The lowest BCUT2D eigenvalue weighted by Crippen LogP contribution is -2.33. The highest BCUT2D eigenvalue weighted by Crippen LogP contribution is 2.48. The topological polar surface area (TPSA) is 124 Å². The number of anilines is 1. The van der Waals surface area contributed by atoms with Crippen LogP contribution in [0.4, 0.5) is 5.82 Å². The third-order valence-corrected chi connectivity index (χ3v) is 8.57. The molecule has 2 saturated carbocycles. The minimum Gasteiger partial charge on any atom is -0.474 e. The van der Waals surface area contributed by atoms with Gasteiger partial charge in [-0.1, -0.05) is 12.8 Å². The first-order valence-electron chi connectivity index (χ1n) is 14.0. The summed E-state index contributed by atoms with van der Waals surface area (Å²) in [5.41, 5.74) is 8.20. The van der Waals surface area contributed by atoms with Gasteiger partial charge in [-0.3, -0.25) is 4.79 Å². The van der Waals surface area contributed by atoms with Gasteiger partial charge in [-0.25, -0.2) is 14.6 Å². The van der Waals surface area contributed by atoms with Crippen molar-refractivity contribution in [2.24, 2.45) is 23.5 Å². The maximum atomic E-state index is 13.3. The first kappa shape index (κ1) is 25.7. The summed E-state index contributed by atoms with van der Waals surface area (Å²) in [7, 11) is 0. The van der Waals surface area contributed by atoms with Gasteiger partial charge < -0.3 is 20.7 Å². The van der Waals surface area contributed by atoms with Gasteiger partial charge in [0.15, 0.2) is 0 Å². The van der Waals surface area contributed by atoms with Gasteiger partial charge in [0.05, 0.1) is 11.3 Å². The summed E-state index contributed by atoms with van der Waals surface area (Å²) in [4.78, 5) is 28.5. The van der Waals surface area contributed by atoms with Crippen LogP contribution in [0.2, 0.25) is 0 Å². The zero-order valence-corrected chi connectivity index (χ0v) is 23.2. The lowest BCUT2D eigenvalue weighted by Gasteiger charge is -2.25. The molecule has 1 amide bonds. The van der Waals surface area contributed by atoms with Crippen LogP contribution in [0.25, 0.3) is 5.95 Å². The van der Waals surface area contributed by atoms with Crippen molar-refractivity contribution >= 4 is 11.7 Å². The van der Waals surface area contributed by atoms with Gasteiger partial charge in [-0.2, -0.15) is 10.1 Å². The molecule has 3 N–H and O–H groups in total. The molecule has 2 aliphatic carbocycles. The molecule has 39 heavy (non-hydrogen) atoms. The van der Waals surface area contributed by atoms with Gasteiger partial charge in [-0.15, -0.1) is 0 Å². The van der Waals surface area contributed by atoms with Gasteiger partial charge in [0.25, 0.3) is 5.91 Å². The van der Waals surface area contributed by atoms with E-state index in [4.69, 9.17) is 15.5 Å². The molecule has 1 aliphatic heterocycles. The molecule has 1 saturated heterocycles. The number of aryl methyl sites for hydroxylation is 1. The second-order valence-corrected chi connectivity index (χ2v) is 12.0. The fourth-order valence-corrected chi connectivity index (χ4v) is 6.12. The van der Waals surface area contributed by atoms with Gasteiger partial charge in [0, 0.05) is 61.2 Å². The standard InChI is InChI=1S/C29H38N8O2/c1-17(19-8-5-6-9-19)33-24-12-20(29(3,4)30)13-25(34-24)39-26-22-14-36(15-23(22)26)27(38)21-16-37(35-18(21)2)28-31-10-7-11-32-28/h7,10-13,16-17,19,22-23,26H,5-6,8-9,14-15,30H2,1-4H3,(H,33,34). The highest BCUT2D eigenvalue weighted by molar-refractivity contribution is 5.95. The molecule has 4 heterocycles. The Kier molecular flexibility index (Phi) is 6.53. The number of ether oxygens (including phenoxy) is 1. The highest BCUT2D eigenvalue weighted by atomic mass is 16.5. The molecule has 3 aromatic heterocycles. The number of fused-ring (bicyclic) bond motifs is 1. The Morgan fingerprint density at radius 2 is 1.85 bits per heavy atom. The van der Waals surface area contributed by atoms with E-state index in [0.717, 1.165) is 11.4 Å². The molecule has 3 unspecified atom stereocenters. The van der Waals surface area contributed by atoms with E-state index in [1.54, 1.807) is 29.3 Å². The maximum absolute atomic E-state index is 13.3. The molecular formula is C29H38N8O2. The minimum atomic E-state index is -0.510. The molecule has 0 aromatic carbocycles. The van der Waals surface area contributed by atoms with Crippen molar-refractivity contribution < 1.29 is 9.53 Å². The number of nitrogens with one attached hydrogen (secondary N) is 1. The van der Waals surface area contributed by atoms with Crippen LogP contribution in [-0.2, 0) is 5.54 Å². The number of carbonyl (C=O) groups excluding carboxylic acids is 1. The molecule has 3 aromatic rings. The Morgan fingerprint density at radius 1 is 1.15 bits per heavy atom. The van der Waals surface area contributed by atoms with Crippen molar-refractivity contribution in [3.05, 3.63) is 53.6 Å². The summed E-state index contributed by atoms with van der Waals surface area (Å²) in [6.45, 7) is 9.40. The van der Waals surface area contributed by atoms with Crippen molar-refractivity contribution in [1.82, 2.24) is 29.6 Å². The average Bonchev–Trinajstić information content (AvgIpc) is 3.43. The van der Waals surface area contributed by atoms with Crippen LogP contribution in [0.15, 0.2) is 36.8 Å². The van der Waals surface area contributed by atoms with E-state index in [2.05, 4.69) is 33.4 Å². The number of pyridine rings is 1. The number of likely N-dealkylation sites (tertiary alicyclic amines) is 1. The maximum Gasteiger partial charge on any atom is 0.257 e. The zero-order valence-electron chi connectivity index (χ0n) is 23.2. The predicted octanol–water partition coefficient (Wildman–Crippen LogP) is 3.70. The monoisotopic (exact) mass is 530 g/mol. The predicted molar refractivity (Wildman–Crippen MR) is 148 cm³/mol. The number of aromatic nitrogens is 5. The van der Waals surface area contributed by atoms with Crippen LogP contribution in [0.3, 0.4) is 0 Å². The number of piperidine rings is 1. The van der Waals surface area contributed by atoms with Crippen LogP contribution in [-0.4, -0.2) is 60.8 Å². The highest BCUT2D eigenvalue weighted by Gasteiger charge is 2.59. The van der Waals surface area contributed by atoms with Gasteiger partial charge in [0.2, 0.25) is 11.8 Å². The van der Waals surface area contributed by atoms with Crippen molar-refractivity contribution in [3.63, 3.8) is 0 Å². The first-order chi connectivity index (χ1) is 18.7. The van der Waals surface area contributed by atoms with E-state index in [1.165, 1.54) is 25.7 Å². The van der Waals surface area contributed by atoms with Crippen LogP contribution < -0.4 is 15.8 Å². The molecule has 3 aliphatic rings. The Morgan fingerprint density at radius 3 is 2.51 bits per heavy atom. The van der Waals surface area contributed by atoms with E-state index in [9.17, 15) is 4.79 Å². The molecule has 6 rings (SSSR count). The molecule has 0 radical (unpaired) electrons. The molecule has 0 bridgehead atoms. The largest absolute Gasteiger partial charge is 0.474 e. The molecular weight excluding hydrogens is 492 g/mol. The van der Waals surface area contributed by atoms with Gasteiger partial charge >= 0.3 is 0 Å². The van der Waals surface area contributed by atoms with E-state index in [0.29, 0.717) is 60.0 Å². The molecule has 3 fully saturated rings. The minimum absolute atomic E-state index is 0.0157. The summed E-state index contributed by atoms with van der Waals surface area (Å²) in [5, 5.41) is 8.07. The molecule has 10 nitrogen and oxygen atoms in total. The number of amides is 1. The van der Waals surface area contributed by atoms with Crippen LogP contribution in [0, 0.1) is 24.7 Å². The molecule has 206 valence electrons. The summed E-state index contributed by atoms with van der Waals surface area (Å²) in [5.74, 6) is 3.12. The Labute approximate surface area is 229 Å². The third-order valence-electron chi connectivity index (χ3n) is 8.57. The van der Waals surface area contributed by atoms with Crippen molar-refractivity contribution in [2.75, 3.05) is 18.4 Å². The number of hydrogen-bond donors (Lipinski definition) is 2. The number of nitrogens with zero attached hydrogens (tertiary/aromatic N) is 6. The first-order valence-corrected chi connectivity index (χ1v) is 14.0.